The molecule has 0 amide bonds. The van der Waals surface area contributed by atoms with Crippen molar-refractivity contribution in [2.45, 2.75) is 19.1 Å². The monoisotopic (exact) mass is 159 g/mol. The average Bonchev–Trinajstić information content (AvgIpc) is 2.00. The first kappa shape index (κ1) is 10.3. The number of hydrogen-bond donors (Lipinski definition) is 3. The molecule has 4 nitrogen and oxygen atoms in total. The van der Waals surface area contributed by atoms with Crippen molar-refractivity contribution in [1.82, 2.24) is 0 Å². The van der Waals surface area contributed by atoms with Gasteiger partial charge in [-0.2, -0.15) is 0 Å². The van der Waals surface area contributed by atoms with Crippen molar-refractivity contribution in [3.63, 3.8) is 0 Å². The van der Waals surface area contributed by atoms with Gasteiger partial charge in [0.2, 0.25) is 0 Å². The highest BCUT2D eigenvalue weighted by molar-refractivity contribution is 5.98. The van der Waals surface area contributed by atoms with Crippen LogP contribution in [0, 0.1) is 0 Å². The van der Waals surface area contributed by atoms with E-state index >= 15 is 0 Å². The fourth-order valence-corrected chi connectivity index (χ4v) is 0.573. The highest BCUT2D eigenvalue weighted by atomic mass is 16.3. The Labute approximate surface area is 65.3 Å². The van der Waals surface area contributed by atoms with E-state index in [-0.39, 0.29) is 5.57 Å². The van der Waals surface area contributed by atoms with Gasteiger partial charge < -0.3 is 15.9 Å². The second-order valence-electron chi connectivity index (χ2n) is 2.42. The molecule has 0 aromatic heterocycles. The number of carbonyl (C=O) groups excluding carboxylic acids is 1. The molecule has 0 aliphatic heterocycles. The Kier molecular flexibility index (Phi) is 3.95. The summed E-state index contributed by atoms with van der Waals surface area (Å²) in [5, 5.41) is 17.3. The number of hydrogen-bond acceptors (Lipinski definition) is 4. The fraction of sp³-hybridized carbons (Fsp3) is 0.571. The quantitative estimate of drug-likeness (QED) is 0.450. The van der Waals surface area contributed by atoms with Gasteiger partial charge in [-0.05, 0) is 12.5 Å². The lowest BCUT2D eigenvalue weighted by atomic mass is 10.0. The Balaban J connectivity index is 4.13. The first-order valence-corrected chi connectivity index (χ1v) is 3.25. The fourth-order valence-electron chi connectivity index (χ4n) is 0.573. The zero-order valence-corrected chi connectivity index (χ0v) is 6.45. The summed E-state index contributed by atoms with van der Waals surface area (Å²) in [6.45, 7) is 4.36. The van der Waals surface area contributed by atoms with Gasteiger partial charge in [-0.25, -0.2) is 0 Å². The smallest absolute Gasteiger partial charge is 0.177 e. The van der Waals surface area contributed by atoms with Crippen molar-refractivity contribution < 1.29 is 15.0 Å². The molecule has 64 valence electrons. The van der Waals surface area contributed by atoms with E-state index < -0.39 is 24.5 Å². The lowest BCUT2D eigenvalue weighted by Gasteiger charge is -2.14. The molecule has 0 bridgehead atoms. The van der Waals surface area contributed by atoms with Gasteiger partial charge >= 0.3 is 0 Å². The number of rotatable bonds is 4. The van der Waals surface area contributed by atoms with Gasteiger partial charge in [-0.15, -0.1) is 0 Å². The molecule has 0 saturated carbocycles. The zero-order valence-electron chi connectivity index (χ0n) is 6.45. The number of nitrogens with two attached hydrogens (primary N) is 1. The van der Waals surface area contributed by atoms with E-state index in [1.165, 1.54) is 6.92 Å². The average molecular weight is 159 g/mol. The summed E-state index contributed by atoms with van der Waals surface area (Å²) in [6, 6.07) is -1.06. The summed E-state index contributed by atoms with van der Waals surface area (Å²) in [6.07, 6.45) is -1.20. The summed E-state index contributed by atoms with van der Waals surface area (Å²) in [7, 11) is 0. The number of Topliss-reactive ketones (excluding diaryl/α,β-unsaturated/α-hetero) is 1. The van der Waals surface area contributed by atoms with E-state index in [9.17, 15) is 4.79 Å². The molecule has 2 atom stereocenters. The summed E-state index contributed by atoms with van der Waals surface area (Å²) < 4.78 is 0. The third kappa shape index (κ3) is 2.80. The van der Waals surface area contributed by atoms with Gasteiger partial charge in [0.25, 0.3) is 0 Å². The minimum Gasteiger partial charge on any atom is -0.394 e. The highest BCUT2D eigenvalue weighted by Crippen LogP contribution is 1.98. The molecule has 0 saturated heterocycles. The molecule has 0 spiro atoms. The molecule has 0 fully saturated rings. The molecule has 4 N–H and O–H groups in total. The Morgan fingerprint density at radius 3 is 2.45 bits per heavy atom. The first-order chi connectivity index (χ1) is 5.00. The Morgan fingerprint density at radius 1 is 1.73 bits per heavy atom. The zero-order chi connectivity index (χ0) is 9.02. The van der Waals surface area contributed by atoms with E-state index in [1.54, 1.807) is 0 Å². The predicted molar refractivity (Wildman–Crippen MR) is 40.9 cm³/mol. The molecule has 0 aliphatic carbocycles. The van der Waals surface area contributed by atoms with Gasteiger partial charge in [0.05, 0.1) is 18.8 Å². The van der Waals surface area contributed by atoms with Crippen LogP contribution in [-0.2, 0) is 4.79 Å². The van der Waals surface area contributed by atoms with E-state index in [2.05, 4.69) is 6.58 Å². The number of aliphatic hydroxyl groups is 2. The minimum absolute atomic E-state index is 0.282. The molecular formula is C7H13NO3. The molecule has 0 aromatic carbocycles. The van der Waals surface area contributed by atoms with Crippen LogP contribution in [0.5, 0.6) is 0 Å². The lowest BCUT2D eigenvalue weighted by Crippen LogP contribution is -2.44. The van der Waals surface area contributed by atoms with E-state index in [0.29, 0.717) is 0 Å². The van der Waals surface area contributed by atoms with Crippen LogP contribution in [0.3, 0.4) is 0 Å². The molecule has 2 unspecified atom stereocenters. The van der Waals surface area contributed by atoms with Crippen LogP contribution in [0.2, 0.25) is 0 Å². The van der Waals surface area contributed by atoms with E-state index in [0.717, 1.165) is 0 Å². The van der Waals surface area contributed by atoms with Crippen molar-refractivity contribution in [2.75, 3.05) is 6.61 Å². The molecule has 0 aliphatic rings. The van der Waals surface area contributed by atoms with Crippen LogP contribution in [0.1, 0.15) is 6.92 Å². The van der Waals surface area contributed by atoms with Gasteiger partial charge in [0, 0.05) is 0 Å². The van der Waals surface area contributed by atoms with Crippen LogP contribution in [-0.4, -0.2) is 34.7 Å². The standard InChI is InChI=1S/C7H13NO3/c1-4(2)7(11)6(8)5(10)3-9/h5-6,9-10H,1,3,8H2,2H3. The summed E-state index contributed by atoms with van der Waals surface area (Å²) >= 11 is 0. The normalized spacial score (nSPS) is 15.6. The topological polar surface area (TPSA) is 83.6 Å². The van der Waals surface area contributed by atoms with Crippen LogP contribution in [0.4, 0.5) is 0 Å². The van der Waals surface area contributed by atoms with Crippen molar-refractivity contribution in [3.05, 3.63) is 12.2 Å². The maximum Gasteiger partial charge on any atom is 0.177 e. The summed E-state index contributed by atoms with van der Waals surface area (Å²) in [5.41, 5.74) is 5.53. The van der Waals surface area contributed by atoms with Crippen molar-refractivity contribution in [2.24, 2.45) is 5.73 Å². The molecule has 0 heterocycles. The third-order valence-electron chi connectivity index (χ3n) is 1.32. The molecular weight excluding hydrogens is 146 g/mol. The molecule has 0 aromatic rings. The maximum atomic E-state index is 10.9. The summed E-state index contributed by atoms with van der Waals surface area (Å²) in [5.74, 6) is -0.424. The Bertz CT molecular complexity index is 167. The minimum atomic E-state index is -1.20. The SMILES string of the molecule is C=C(C)C(=O)C(N)C(O)CO. The molecule has 0 radical (unpaired) electrons. The maximum absolute atomic E-state index is 10.9. The van der Waals surface area contributed by atoms with Crippen LogP contribution >= 0.6 is 0 Å². The van der Waals surface area contributed by atoms with Gasteiger partial charge in [0.15, 0.2) is 5.78 Å². The van der Waals surface area contributed by atoms with Gasteiger partial charge in [-0.3, -0.25) is 4.79 Å². The van der Waals surface area contributed by atoms with E-state index in [4.69, 9.17) is 15.9 Å². The second kappa shape index (κ2) is 4.23. The van der Waals surface area contributed by atoms with Crippen LogP contribution < -0.4 is 5.73 Å². The van der Waals surface area contributed by atoms with Crippen molar-refractivity contribution >= 4 is 5.78 Å². The molecule has 11 heavy (non-hydrogen) atoms. The number of aliphatic hydroxyl groups excluding tert-OH is 2. The Morgan fingerprint density at radius 2 is 2.18 bits per heavy atom. The molecule has 4 heteroatoms. The van der Waals surface area contributed by atoms with Crippen molar-refractivity contribution in [3.8, 4) is 0 Å². The Hall–Kier alpha value is -0.710. The van der Waals surface area contributed by atoms with Gasteiger partial charge in [0.1, 0.15) is 0 Å². The van der Waals surface area contributed by atoms with Crippen molar-refractivity contribution in [1.29, 1.82) is 0 Å². The van der Waals surface area contributed by atoms with E-state index in [1.807, 2.05) is 0 Å². The summed E-state index contributed by atoms with van der Waals surface area (Å²) in [4.78, 5) is 10.9. The molecule has 0 rings (SSSR count). The lowest BCUT2D eigenvalue weighted by molar-refractivity contribution is -0.119. The highest BCUT2D eigenvalue weighted by Gasteiger charge is 2.21. The van der Waals surface area contributed by atoms with Gasteiger partial charge in [-0.1, -0.05) is 6.58 Å². The number of ketones is 1. The second-order valence-corrected chi connectivity index (χ2v) is 2.42. The largest absolute Gasteiger partial charge is 0.394 e. The number of carbonyl (C=O) groups is 1. The first-order valence-electron chi connectivity index (χ1n) is 3.25. The predicted octanol–water partition coefficient (Wildman–Crippen LogP) is -1.19. The third-order valence-corrected chi connectivity index (χ3v) is 1.32. The van der Waals surface area contributed by atoms with Crippen LogP contribution in [0.15, 0.2) is 12.2 Å². The van der Waals surface area contributed by atoms with Crippen LogP contribution in [0.25, 0.3) is 0 Å².